The summed E-state index contributed by atoms with van der Waals surface area (Å²) in [4.78, 5) is -0.125. The van der Waals surface area contributed by atoms with E-state index in [0.717, 1.165) is 10.4 Å². The van der Waals surface area contributed by atoms with Gasteiger partial charge in [-0.15, -0.1) is 0 Å². The fourth-order valence-electron chi connectivity index (χ4n) is 2.94. The number of nitriles is 2. The van der Waals surface area contributed by atoms with Gasteiger partial charge in [-0.05, 0) is 30.3 Å². The van der Waals surface area contributed by atoms with Crippen molar-refractivity contribution in [2.75, 3.05) is 26.3 Å². The Labute approximate surface area is 172 Å². The Kier molecular flexibility index (Phi) is 5.78. The minimum atomic E-state index is -3.91. The largest absolute Gasteiger partial charge is 0.493 e. The van der Waals surface area contributed by atoms with E-state index in [1.807, 2.05) is 6.07 Å². The van der Waals surface area contributed by atoms with Crippen LogP contribution in [0.3, 0.4) is 0 Å². The molecule has 0 radical (unpaired) electrons. The van der Waals surface area contributed by atoms with Crippen molar-refractivity contribution in [1.29, 1.82) is 10.5 Å². The molecule has 0 amide bonds. The Hall–Kier alpha value is -2.69. The van der Waals surface area contributed by atoms with Crippen LogP contribution < -0.4 is 4.74 Å². The van der Waals surface area contributed by atoms with Crippen LogP contribution in [0.25, 0.3) is 0 Å². The Morgan fingerprint density at radius 2 is 1.93 bits per heavy atom. The molecule has 0 unspecified atom stereocenters. The van der Waals surface area contributed by atoms with Crippen molar-refractivity contribution in [3.05, 3.63) is 58.4 Å². The first kappa shape index (κ1) is 21.0. The number of halogens is 2. The molecule has 1 aliphatic heterocycles. The van der Waals surface area contributed by atoms with E-state index in [1.54, 1.807) is 6.07 Å². The molecule has 0 aliphatic carbocycles. The summed E-state index contributed by atoms with van der Waals surface area (Å²) in [6, 6.07) is 11.3. The third-order valence-electron chi connectivity index (χ3n) is 4.64. The van der Waals surface area contributed by atoms with Gasteiger partial charge in [0.15, 0.2) is 0 Å². The molecule has 29 heavy (non-hydrogen) atoms. The summed E-state index contributed by atoms with van der Waals surface area (Å²) in [5, 5.41) is 27.3. The summed E-state index contributed by atoms with van der Waals surface area (Å²) in [5.41, 5.74) is -0.726. The van der Waals surface area contributed by atoms with Crippen LogP contribution in [0.1, 0.15) is 11.1 Å². The Morgan fingerprint density at radius 3 is 2.48 bits per heavy atom. The predicted octanol–water partition coefficient (Wildman–Crippen LogP) is 2.28. The lowest BCUT2D eigenvalue weighted by molar-refractivity contribution is -0.0273. The molecular formula is C19H15ClFN3O4S. The molecule has 0 bridgehead atoms. The molecular weight excluding hydrogens is 421 g/mol. The van der Waals surface area contributed by atoms with Gasteiger partial charge in [-0.1, -0.05) is 11.6 Å². The molecule has 1 saturated heterocycles. The van der Waals surface area contributed by atoms with Crippen LogP contribution in [0.15, 0.2) is 41.3 Å². The van der Waals surface area contributed by atoms with Crippen LogP contribution in [-0.4, -0.2) is 44.1 Å². The molecule has 1 fully saturated rings. The zero-order chi connectivity index (χ0) is 21.2. The first-order valence-corrected chi connectivity index (χ1v) is 10.2. The lowest BCUT2D eigenvalue weighted by Crippen LogP contribution is -2.62. The molecule has 150 valence electrons. The average molecular weight is 436 g/mol. The van der Waals surface area contributed by atoms with Crippen molar-refractivity contribution < 1.29 is 22.7 Å². The molecule has 1 N–H and O–H groups in total. The van der Waals surface area contributed by atoms with Gasteiger partial charge < -0.3 is 9.84 Å². The van der Waals surface area contributed by atoms with E-state index >= 15 is 0 Å². The Morgan fingerprint density at radius 1 is 1.21 bits per heavy atom. The highest BCUT2D eigenvalue weighted by atomic mass is 35.5. The van der Waals surface area contributed by atoms with E-state index in [0.29, 0.717) is 0 Å². The van der Waals surface area contributed by atoms with Crippen molar-refractivity contribution >= 4 is 21.6 Å². The Balaban J connectivity index is 1.70. The fraction of sp³-hybridized carbons (Fsp3) is 0.263. The molecule has 3 rings (SSSR count). The van der Waals surface area contributed by atoms with Gasteiger partial charge in [-0.25, -0.2) is 12.8 Å². The Bertz CT molecular complexity index is 1140. The van der Waals surface area contributed by atoms with E-state index < -0.39 is 21.3 Å². The van der Waals surface area contributed by atoms with Crippen LogP contribution in [0.5, 0.6) is 5.75 Å². The van der Waals surface area contributed by atoms with Crippen LogP contribution in [-0.2, 0) is 10.0 Å². The van der Waals surface area contributed by atoms with E-state index in [9.17, 15) is 17.9 Å². The molecule has 7 nitrogen and oxygen atoms in total. The highest BCUT2D eigenvalue weighted by Gasteiger charge is 2.49. The summed E-state index contributed by atoms with van der Waals surface area (Å²) in [6.07, 6.45) is 0. The van der Waals surface area contributed by atoms with Gasteiger partial charge in [0.2, 0.25) is 10.0 Å². The summed E-state index contributed by atoms with van der Waals surface area (Å²) in [5.74, 6) is -0.554. The van der Waals surface area contributed by atoms with E-state index in [4.69, 9.17) is 26.9 Å². The number of rotatable bonds is 6. The summed E-state index contributed by atoms with van der Waals surface area (Å²) < 4.78 is 45.9. The second-order valence-electron chi connectivity index (χ2n) is 6.73. The van der Waals surface area contributed by atoms with Gasteiger partial charge in [0.05, 0.1) is 40.8 Å². The van der Waals surface area contributed by atoms with Crippen LogP contribution >= 0.6 is 11.6 Å². The third kappa shape index (κ3) is 4.04. The summed E-state index contributed by atoms with van der Waals surface area (Å²) >= 11 is 6.01. The zero-order valence-corrected chi connectivity index (χ0v) is 16.5. The van der Waals surface area contributed by atoms with Gasteiger partial charge in [-0.3, -0.25) is 0 Å². The highest BCUT2D eigenvalue weighted by molar-refractivity contribution is 7.89. The maximum Gasteiger partial charge on any atom is 0.244 e. The SMILES string of the molecule is N#Cc1ccc(S(=O)(=O)N2CC(CO)(COc3ccc(C#N)c(F)c3)C2)c(Cl)c1. The number of benzene rings is 2. The van der Waals surface area contributed by atoms with Crippen molar-refractivity contribution in [1.82, 2.24) is 4.31 Å². The van der Waals surface area contributed by atoms with Crippen molar-refractivity contribution in [3.8, 4) is 17.9 Å². The standard InChI is InChI=1S/C19H15ClFN3O4S/c20-16-5-13(7-22)1-4-18(16)29(26,27)24-9-19(10-24,11-25)12-28-15-3-2-14(8-23)17(21)6-15/h1-6,25H,9-12H2. The van der Waals surface area contributed by atoms with Gasteiger partial charge in [-0.2, -0.15) is 14.8 Å². The maximum absolute atomic E-state index is 13.7. The number of ether oxygens (including phenoxy) is 1. The monoisotopic (exact) mass is 435 g/mol. The number of nitrogens with zero attached hydrogens (tertiary/aromatic N) is 3. The molecule has 2 aromatic rings. The quantitative estimate of drug-likeness (QED) is 0.744. The number of hydrogen-bond acceptors (Lipinski definition) is 6. The second-order valence-corrected chi connectivity index (χ2v) is 9.04. The zero-order valence-electron chi connectivity index (χ0n) is 15.0. The summed E-state index contributed by atoms with van der Waals surface area (Å²) in [6.45, 7) is -0.400. The van der Waals surface area contributed by atoms with Crippen molar-refractivity contribution in [2.24, 2.45) is 5.41 Å². The highest BCUT2D eigenvalue weighted by Crippen LogP contribution is 2.37. The molecule has 1 aliphatic rings. The van der Waals surface area contributed by atoms with Crippen molar-refractivity contribution in [2.45, 2.75) is 4.90 Å². The number of aliphatic hydroxyl groups is 1. The van der Waals surface area contributed by atoms with E-state index in [-0.39, 0.29) is 53.1 Å². The number of sulfonamides is 1. The first-order chi connectivity index (χ1) is 13.7. The normalized spacial score (nSPS) is 15.8. The van der Waals surface area contributed by atoms with Crippen molar-refractivity contribution in [3.63, 3.8) is 0 Å². The maximum atomic E-state index is 13.7. The number of hydrogen-bond donors (Lipinski definition) is 1. The fourth-order valence-corrected chi connectivity index (χ4v) is 5.12. The number of aliphatic hydroxyl groups excluding tert-OH is 1. The van der Waals surface area contributed by atoms with E-state index in [1.165, 1.54) is 30.3 Å². The predicted molar refractivity (Wildman–Crippen MR) is 101 cm³/mol. The van der Waals surface area contributed by atoms with Crippen LogP contribution in [0, 0.1) is 33.9 Å². The smallest absolute Gasteiger partial charge is 0.244 e. The summed E-state index contributed by atoms with van der Waals surface area (Å²) in [7, 11) is -3.91. The van der Waals surface area contributed by atoms with Crippen LogP contribution in [0.2, 0.25) is 5.02 Å². The molecule has 0 aromatic heterocycles. The second kappa shape index (κ2) is 7.97. The topological polar surface area (TPSA) is 114 Å². The molecule has 0 spiro atoms. The van der Waals surface area contributed by atoms with E-state index in [2.05, 4.69) is 0 Å². The lowest BCUT2D eigenvalue weighted by atomic mass is 9.83. The van der Waals surface area contributed by atoms with Gasteiger partial charge >= 0.3 is 0 Å². The first-order valence-electron chi connectivity index (χ1n) is 8.38. The lowest BCUT2D eigenvalue weighted by Gasteiger charge is -2.47. The van der Waals surface area contributed by atoms with Gasteiger partial charge in [0.1, 0.15) is 22.5 Å². The third-order valence-corrected chi connectivity index (χ3v) is 6.92. The molecule has 0 atom stereocenters. The molecule has 2 aromatic carbocycles. The van der Waals surface area contributed by atoms with Gasteiger partial charge in [0.25, 0.3) is 0 Å². The minimum Gasteiger partial charge on any atom is -0.493 e. The average Bonchev–Trinajstić information content (AvgIpc) is 2.67. The molecule has 10 heteroatoms. The minimum absolute atomic E-state index is 0.0130. The van der Waals surface area contributed by atoms with Gasteiger partial charge in [0, 0.05) is 19.2 Å². The van der Waals surface area contributed by atoms with Crippen LogP contribution in [0.4, 0.5) is 4.39 Å². The molecule has 1 heterocycles. The molecule has 0 saturated carbocycles.